The highest BCUT2D eigenvalue weighted by molar-refractivity contribution is 7.99. The molecule has 1 aromatic heterocycles. The molecule has 1 aromatic rings. The topological polar surface area (TPSA) is 67.0 Å². The van der Waals surface area contributed by atoms with Gasteiger partial charge in [-0.3, -0.25) is 5.10 Å². The Morgan fingerprint density at radius 1 is 1.53 bits per heavy atom. The zero-order valence-corrected chi connectivity index (χ0v) is 12.3. The molecule has 1 aliphatic rings. The molecule has 0 saturated carbocycles. The summed E-state index contributed by atoms with van der Waals surface area (Å²) in [7, 11) is 0. The van der Waals surface area contributed by atoms with Crippen molar-refractivity contribution in [2.75, 3.05) is 18.2 Å². The molecule has 5 nitrogen and oxygen atoms in total. The molecule has 19 heavy (non-hydrogen) atoms. The lowest BCUT2D eigenvalue weighted by atomic mass is 9.98. The Hall–Kier alpha value is -1.43. The number of carbonyl (C=O) groups excluding carboxylic acids is 1. The van der Waals surface area contributed by atoms with E-state index in [4.69, 9.17) is 4.74 Å². The average molecular weight is 281 g/mol. The number of fused-ring (bicyclic) bond motifs is 1. The second-order valence-corrected chi connectivity index (χ2v) is 5.24. The highest BCUT2D eigenvalue weighted by atomic mass is 32.2. The second kappa shape index (κ2) is 6.14. The van der Waals surface area contributed by atoms with Crippen molar-refractivity contribution in [2.45, 2.75) is 31.9 Å². The van der Waals surface area contributed by atoms with Gasteiger partial charge >= 0.3 is 5.97 Å². The molecule has 0 aromatic carbocycles. The Kier molecular flexibility index (Phi) is 4.52. The third-order valence-corrected chi connectivity index (χ3v) is 4.00. The molecule has 1 atom stereocenters. The quantitative estimate of drug-likeness (QED) is 0.812. The smallest absolute Gasteiger partial charge is 0.337 e. The SMILES string of the molecule is CCCC1=C(C(=O)OCC)C(SC)c2c[nH]nc2N1. The average Bonchev–Trinajstić information content (AvgIpc) is 2.85. The van der Waals surface area contributed by atoms with Crippen LogP contribution in [0.1, 0.15) is 37.5 Å². The molecule has 0 bridgehead atoms. The monoisotopic (exact) mass is 281 g/mol. The van der Waals surface area contributed by atoms with E-state index in [1.807, 2.05) is 19.4 Å². The van der Waals surface area contributed by atoms with Crippen molar-refractivity contribution < 1.29 is 9.53 Å². The van der Waals surface area contributed by atoms with Gasteiger partial charge in [0, 0.05) is 17.5 Å². The molecule has 104 valence electrons. The van der Waals surface area contributed by atoms with Crippen LogP contribution in [0.4, 0.5) is 5.82 Å². The number of hydrogen-bond donors (Lipinski definition) is 2. The first-order chi connectivity index (χ1) is 9.22. The first-order valence-electron chi connectivity index (χ1n) is 6.46. The van der Waals surface area contributed by atoms with Gasteiger partial charge in [-0.2, -0.15) is 16.9 Å². The number of ether oxygens (including phenoxy) is 1. The minimum Gasteiger partial charge on any atom is -0.463 e. The summed E-state index contributed by atoms with van der Waals surface area (Å²) in [4.78, 5) is 12.2. The Balaban J connectivity index is 2.42. The number of rotatable bonds is 5. The zero-order chi connectivity index (χ0) is 13.8. The van der Waals surface area contributed by atoms with Crippen molar-refractivity contribution in [1.29, 1.82) is 0 Å². The van der Waals surface area contributed by atoms with Gasteiger partial charge in [-0.1, -0.05) is 13.3 Å². The molecule has 2 rings (SSSR count). The number of aromatic amines is 1. The van der Waals surface area contributed by atoms with Crippen LogP contribution in [0.15, 0.2) is 17.5 Å². The lowest BCUT2D eigenvalue weighted by Crippen LogP contribution is -2.22. The number of aromatic nitrogens is 2. The maximum absolute atomic E-state index is 12.2. The fourth-order valence-corrected chi connectivity index (χ4v) is 3.16. The van der Waals surface area contributed by atoms with Crippen LogP contribution >= 0.6 is 11.8 Å². The second-order valence-electron chi connectivity index (χ2n) is 4.29. The predicted molar refractivity (Wildman–Crippen MR) is 77.0 cm³/mol. The molecule has 0 amide bonds. The molecule has 0 fully saturated rings. The number of thioether (sulfide) groups is 1. The first kappa shape index (κ1) is 14.0. The van der Waals surface area contributed by atoms with Crippen LogP contribution in [0.25, 0.3) is 0 Å². The summed E-state index contributed by atoms with van der Waals surface area (Å²) in [6.45, 7) is 4.30. The van der Waals surface area contributed by atoms with Crippen LogP contribution in [-0.2, 0) is 9.53 Å². The van der Waals surface area contributed by atoms with E-state index in [0.717, 1.165) is 35.5 Å². The van der Waals surface area contributed by atoms with Gasteiger partial charge in [0.1, 0.15) is 0 Å². The standard InChI is InChI=1S/C13H19N3O2S/c1-4-6-9-10(13(17)18-5-2)11(19-3)8-7-14-16-12(8)15-9/h7,11H,4-6H2,1-3H3,(H2,14,15,16). The maximum Gasteiger partial charge on any atom is 0.337 e. The van der Waals surface area contributed by atoms with E-state index >= 15 is 0 Å². The third-order valence-electron chi connectivity index (χ3n) is 3.04. The van der Waals surface area contributed by atoms with Gasteiger partial charge in [0.05, 0.1) is 17.4 Å². The van der Waals surface area contributed by atoms with Gasteiger partial charge in [0.2, 0.25) is 0 Å². The summed E-state index contributed by atoms with van der Waals surface area (Å²) < 4.78 is 5.20. The fourth-order valence-electron chi connectivity index (χ4n) is 2.25. The molecule has 1 aliphatic heterocycles. The van der Waals surface area contributed by atoms with Crippen LogP contribution in [-0.4, -0.2) is 29.0 Å². The molecule has 0 aliphatic carbocycles. The number of nitrogens with zero attached hydrogens (tertiary/aromatic N) is 1. The molecule has 2 N–H and O–H groups in total. The van der Waals surface area contributed by atoms with Crippen LogP contribution in [0, 0.1) is 0 Å². The minimum atomic E-state index is -0.232. The molecular weight excluding hydrogens is 262 g/mol. The van der Waals surface area contributed by atoms with E-state index in [1.165, 1.54) is 0 Å². The van der Waals surface area contributed by atoms with Gasteiger partial charge in [-0.25, -0.2) is 4.79 Å². The molecule has 6 heteroatoms. The van der Waals surface area contributed by atoms with E-state index in [0.29, 0.717) is 6.61 Å². The van der Waals surface area contributed by atoms with Gasteiger partial charge in [-0.15, -0.1) is 0 Å². The van der Waals surface area contributed by atoms with Crippen molar-refractivity contribution in [3.05, 3.63) is 23.0 Å². The fraction of sp³-hybridized carbons (Fsp3) is 0.538. The van der Waals surface area contributed by atoms with Crippen LogP contribution in [0.2, 0.25) is 0 Å². The molecule has 2 heterocycles. The normalized spacial score (nSPS) is 17.9. The number of esters is 1. The highest BCUT2D eigenvalue weighted by Gasteiger charge is 2.33. The first-order valence-corrected chi connectivity index (χ1v) is 7.75. The van der Waals surface area contributed by atoms with Crippen molar-refractivity contribution >= 4 is 23.5 Å². The van der Waals surface area contributed by atoms with E-state index in [1.54, 1.807) is 11.8 Å². The number of carbonyl (C=O) groups is 1. The molecule has 1 unspecified atom stereocenters. The van der Waals surface area contributed by atoms with E-state index in [9.17, 15) is 4.79 Å². The Labute approximate surface area is 117 Å². The minimum absolute atomic E-state index is 0.0180. The Bertz CT molecular complexity index is 496. The summed E-state index contributed by atoms with van der Waals surface area (Å²) in [5, 5.41) is 10.3. The molecule has 0 spiro atoms. The van der Waals surface area contributed by atoms with Crippen LogP contribution in [0.5, 0.6) is 0 Å². The summed E-state index contributed by atoms with van der Waals surface area (Å²) in [6, 6.07) is 0. The van der Waals surface area contributed by atoms with Crippen molar-refractivity contribution in [3.63, 3.8) is 0 Å². The Morgan fingerprint density at radius 2 is 2.32 bits per heavy atom. The summed E-state index contributed by atoms with van der Waals surface area (Å²) in [5.41, 5.74) is 2.67. The van der Waals surface area contributed by atoms with E-state index in [-0.39, 0.29) is 11.2 Å². The largest absolute Gasteiger partial charge is 0.463 e. The number of allylic oxidation sites excluding steroid dienone is 1. The number of hydrogen-bond acceptors (Lipinski definition) is 5. The predicted octanol–water partition coefficient (Wildman–Crippen LogP) is 2.86. The van der Waals surface area contributed by atoms with Crippen molar-refractivity contribution in [3.8, 4) is 0 Å². The van der Waals surface area contributed by atoms with Gasteiger partial charge in [0.15, 0.2) is 5.82 Å². The van der Waals surface area contributed by atoms with Gasteiger partial charge < -0.3 is 10.1 Å². The van der Waals surface area contributed by atoms with Crippen molar-refractivity contribution in [2.24, 2.45) is 0 Å². The number of anilines is 1. The van der Waals surface area contributed by atoms with Gasteiger partial charge in [0.25, 0.3) is 0 Å². The summed E-state index contributed by atoms with van der Waals surface area (Å²) in [5.74, 6) is 0.584. The molecule has 0 radical (unpaired) electrons. The zero-order valence-electron chi connectivity index (χ0n) is 11.4. The summed E-state index contributed by atoms with van der Waals surface area (Å²) >= 11 is 1.63. The number of H-pyrrole nitrogens is 1. The lowest BCUT2D eigenvalue weighted by molar-refractivity contribution is -0.138. The van der Waals surface area contributed by atoms with Crippen LogP contribution in [0.3, 0.4) is 0 Å². The number of nitrogens with one attached hydrogen (secondary N) is 2. The Morgan fingerprint density at radius 3 is 2.95 bits per heavy atom. The van der Waals surface area contributed by atoms with Gasteiger partial charge in [-0.05, 0) is 19.6 Å². The molecular formula is C13H19N3O2S. The highest BCUT2D eigenvalue weighted by Crippen LogP contribution is 2.43. The lowest BCUT2D eigenvalue weighted by Gasteiger charge is -2.26. The van der Waals surface area contributed by atoms with E-state index < -0.39 is 0 Å². The van der Waals surface area contributed by atoms with Crippen molar-refractivity contribution in [1.82, 2.24) is 10.2 Å². The summed E-state index contributed by atoms with van der Waals surface area (Å²) in [6.07, 6.45) is 5.62. The van der Waals surface area contributed by atoms with E-state index in [2.05, 4.69) is 22.4 Å². The third kappa shape index (κ3) is 2.63. The van der Waals surface area contributed by atoms with Crippen LogP contribution < -0.4 is 5.32 Å². The maximum atomic E-state index is 12.2. The molecule has 0 saturated heterocycles.